The second-order valence-corrected chi connectivity index (χ2v) is 12.1. The molecule has 2 aliphatic heterocycles. The highest BCUT2D eigenvalue weighted by atomic mass is 35.5. The first-order valence-corrected chi connectivity index (χ1v) is 15.9. The number of aryl methyl sites for hydroxylation is 1. The molecule has 11 nitrogen and oxygen atoms in total. The van der Waals surface area contributed by atoms with Crippen molar-refractivity contribution in [3.63, 3.8) is 0 Å². The molecule has 4 aromatic rings. The molecule has 1 unspecified atom stereocenters. The first kappa shape index (κ1) is 31.3. The molecule has 45 heavy (non-hydrogen) atoms. The van der Waals surface area contributed by atoms with Crippen molar-refractivity contribution in [1.82, 2.24) is 29.2 Å². The number of pyridine rings is 1. The zero-order chi connectivity index (χ0) is 31.5. The van der Waals surface area contributed by atoms with Gasteiger partial charge in [0.25, 0.3) is 0 Å². The van der Waals surface area contributed by atoms with Crippen LogP contribution in [0.5, 0.6) is 11.5 Å². The summed E-state index contributed by atoms with van der Waals surface area (Å²) in [7, 11) is 3.11. The topological polar surface area (TPSA) is 106 Å². The van der Waals surface area contributed by atoms with Crippen molar-refractivity contribution in [2.24, 2.45) is 5.92 Å². The Labute approximate surface area is 272 Å². The van der Waals surface area contributed by atoms with E-state index in [-0.39, 0.29) is 5.91 Å². The molecule has 1 N–H and O–H groups in total. The fourth-order valence-corrected chi connectivity index (χ4v) is 6.68. The van der Waals surface area contributed by atoms with E-state index in [9.17, 15) is 4.79 Å². The van der Waals surface area contributed by atoms with E-state index in [1.807, 2.05) is 21.6 Å². The van der Waals surface area contributed by atoms with Crippen LogP contribution in [0.15, 0.2) is 37.2 Å². The molecule has 0 aliphatic carbocycles. The highest BCUT2D eigenvalue weighted by Crippen LogP contribution is 2.47. The summed E-state index contributed by atoms with van der Waals surface area (Å²) >= 11 is 13.8. The largest absolute Gasteiger partial charge is 0.495 e. The van der Waals surface area contributed by atoms with E-state index >= 15 is 0 Å². The Morgan fingerprint density at radius 2 is 1.87 bits per heavy atom. The number of nitrogens with zero attached hydrogens (tertiary/aromatic N) is 6. The Morgan fingerprint density at radius 3 is 2.53 bits per heavy atom. The van der Waals surface area contributed by atoms with E-state index in [0.717, 1.165) is 80.9 Å². The second kappa shape index (κ2) is 13.8. The van der Waals surface area contributed by atoms with E-state index in [1.54, 1.807) is 26.5 Å². The van der Waals surface area contributed by atoms with Crippen molar-refractivity contribution in [3.8, 4) is 22.6 Å². The molecular weight excluding hydrogens is 617 g/mol. The van der Waals surface area contributed by atoms with Gasteiger partial charge in [0, 0.05) is 80.2 Å². The van der Waals surface area contributed by atoms with Crippen LogP contribution in [0.1, 0.15) is 18.5 Å². The Balaban J connectivity index is 1.33. The van der Waals surface area contributed by atoms with Gasteiger partial charge in [0.05, 0.1) is 36.6 Å². The fourth-order valence-electron chi connectivity index (χ4n) is 5.97. The number of hydrogen-bond acceptors (Lipinski definition) is 9. The van der Waals surface area contributed by atoms with Crippen molar-refractivity contribution in [2.75, 3.05) is 72.0 Å². The highest BCUT2D eigenvalue weighted by molar-refractivity contribution is 6.41. The fraction of sp³-hybridized carbons (Fsp3) is 0.438. The van der Waals surface area contributed by atoms with E-state index in [1.165, 1.54) is 6.08 Å². The number of ether oxygens (including phenoxy) is 3. The number of anilines is 1. The molecule has 6 rings (SSSR count). The van der Waals surface area contributed by atoms with Crippen LogP contribution in [-0.2, 0) is 16.0 Å². The highest BCUT2D eigenvalue weighted by Gasteiger charge is 2.24. The number of piperazine rings is 1. The standard InChI is InChI=1S/C32H37Cl2N7O4/c1-4-26(42)40-11-9-39(10-12-40)8-5-6-22-18-41-30-21(17-36-32(38-30)35-16-20-7-13-45-19-20)14-23(31(41)37-22)27-28(33)24(43-2)15-25(44-3)29(27)34/h4,14-15,17-18,20H,1,5-13,16,19H2,2-3H3,(H,35,36,38). The number of carbonyl (C=O) groups excluding carboxylic acids is 1. The minimum absolute atomic E-state index is 0.00837. The quantitative estimate of drug-likeness (QED) is 0.224. The van der Waals surface area contributed by atoms with Crippen LogP contribution in [0.4, 0.5) is 5.95 Å². The van der Waals surface area contributed by atoms with Gasteiger partial charge in [-0.3, -0.25) is 14.1 Å². The normalized spacial score (nSPS) is 17.2. The summed E-state index contributed by atoms with van der Waals surface area (Å²) < 4.78 is 18.6. The third-order valence-electron chi connectivity index (χ3n) is 8.50. The molecule has 0 bridgehead atoms. The van der Waals surface area contributed by atoms with Gasteiger partial charge in [-0.15, -0.1) is 0 Å². The maximum atomic E-state index is 11.9. The molecule has 0 radical (unpaired) electrons. The number of hydrogen-bond donors (Lipinski definition) is 1. The summed E-state index contributed by atoms with van der Waals surface area (Å²) in [6.07, 6.45) is 7.90. The van der Waals surface area contributed by atoms with Crippen molar-refractivity contribution in [3.05, 3.63) is 52.9 Å². The van der Waals surface area contributed by atoms with Gasteiger partial charge >= 0.3 is 0 Å². The number of carbonyl (C=O) groups is 1. The number of aromatic nitrogens is 4. The number of fused-ring (bicyclic) bond motifs is 3. The molecule has 1 atom stereocenters. The van der Waals surface area contributed by atoms with Crippen molar-refractivity contribution >= 4 is 51.7 Å². The minimum atomic E-state index is -0.00837. The van der Waals surface area contributed by atoms with E-state index in [0.29, 0.717) is 57.7 Å². The van der Waals surface area contributed by atoms with E-state index in [2.05, 4.69) is 21.8 Å². The summed E-state index contributed by atoms with van der Waals surface area (Å²) in [6.45, 7) is 9.89. The van der Waals surface area contributed by atoms with Gasteiger partial charge in [-0.25, -0.2) is 9.97 Å². The van der Waals surface area contributed by atoms with Crippen LogP contribution < -0.4 is 14.8 Å². The van der Waals surface area contributed by atoms with Crippen LogP contribution in [0, 0.1) is 5.92 Å². The lowest BCUT2D eigenvalue weighted by Crippen LogP contribution is -2.48. The molecule has 238 valence electrons. The Kier molecular flexibility index (Phi) is 9.60. The molecule has 2 saturated heterocycles. The van der Waals surface area contributed by atoms with Gasteiger partial charge in [0.2, 0.25) is 11.9 Å². The van der Waals surface area contributed by atoms with Crippen molar-refractivity contribution in [2.45, 2.75) is 19.3 Å². The first-order valence-electron chi connectivity index (χ1n) is 15.1. The predicted octanol–water partition coefficient (Wildman–Crippen LogP) is 4.98. The number of halogens is 2. The Bertz CT molecular complexity index is 1690. The van der Waals surface area contributed by atoms with Crippen LogP contribution in [0.2, 0.25) is 10.0 Å². The Hall–Kier alpha value is -3.64. The second-order valence-electron chi connectivity index (χ2n) is 11.3. The van der Waals surface area contributed by atoms with Gasteiger partial charge in [0.1, 0.15) is 17.1 Å². The maximum absolute atomic E-state index is 11.9. The maximum Gasteiger partial charge on any atom is 0.246 e. The third kappa shape index (κ3) is 6.53. The van der Waals surface area contributed by atoms with Crippen LogP contribution >= 0.6 is 23.2 Å². The molecule has 0 saturated carbocycles. The van der Waals surface area contributed by atoms with Crippen molar-refractivity contribution in [1.29, 1.82) is 0 Å². The number of benzene rings is 1. The Morgan fingerprint density at radius 1 is 1.11 bits per heavy atom. The van der Waals surface area contributed by atoms with Gasteiger partial charge in [0.15, 0.2) is 5.65 Å². The molecule has 0 spiro atoms. The lowest BCUT2D eigenvalue weighted by atomic mass is 10.0. The summed E-state index contributed by atoms with van der Waals surface area (Å²) in [5.41, 5.74) is 3.59. The summed E-state index contributed by atoms with van der Waals surface area (Å²) in [5, 5.41) is 4.91. The van der Waals surface area contributed by atoms with Crippen LogP contribution in [0.3, 0.4) is 0 Å². The van der Waals surface area contributed by atoms with E-state index < -0.39 is 0 Å². The van der Waals surface area contributed by atoms with Crippen molar-refractivity contribution < 1.29 is 19.0 Å². The zero-order valence-corrected chi connectivity index (χ0v) is 27.0. The number of rotatable bonds is 11. The lowest BCUT2D eigenvalue weighted by molar-refractivity contribution is -0.127. The number of methoxy groups -OCH3 is 2. The molecule has 1 amide bonds. The molecule has 1 aromatic carbocycles. The molecule has 2 fully saturated rings. The number of amides is 1. The predicted molar refractivity (Wildman–Crippen MR) is 176 cm³/mol. The molecular formula is C32H37Cl2N7O4. The summed E-state index contributed by atoms with van der Waals surface area (Å²) in [6, 6.07) is 3.64. The molecule has 2 aliphatic rings. The number of imidazole rings is 1. The van der Waals surface area contributed by atoms with Crippen LogP contribution in [-0.4, -0.2) is 102 Å². The first-order chi connectivity index (χ1) is 21.9. The average molecular weight is 655 g/mol. The number of nitrogens with one attached hydrogen (secondary N) is 1. The zero-order valence-electron chi connectivity index (χ0n) is 25.5. The minimum Gasteiger partial charge on any atom is -0.495 e. The molecule has 5 heterocycles. The third-order valence-corrected chi connectivity index (χ3v) is 9.25. The SMILES string of the molecule is C=CC(=O)N1CCN(CCCc2cn3c(n2)c(-c2c(Cl)c(OC)cc(OC)c2Cl)cc2cnc(NCC4CCOC4)nc23)CC1. The van der Waals surface area contributed by atoms with Gasteiger partial charge in [-0.2, -0.15) is 4.98 Å². The van der Waals surface area contributed by atoms with Crippen LogP contribution in [0.25, 0.3) is 27.8 Å². The smallest absolute Gasteiger partial charge is 0.246 e. The van der Waals surface area contributed by atoms with Gasteiger partial charge < -0.3 is 24.4 Å². The summed E-state index contributed by atoms with van der Waals surface area (Å²) in [5.74, 6) is 1.86. The average Bonchev–Trinajstić information content (AvgIpc) is 3.75. The van der Waals surface area contributed by atoms with E-state index in [4.69, 9.17) is 47.4 Å². The molecule has 3 aromatic heterocycles. The van der Waals surface area contributed by atoms with Gasteiger partial charge in [-0.05, 0) is 37.9 Å². The van der Waals surface area contributed by atoms with Gasteiger partial charge in [-0.1, -0.05) is 29.8 Å². The summed E-state index contributed by atoms with van der Waals surface area (Å²) in [4.78, 5) is 30.8. The monoisotopic (exact) mass is 653 g/mol. The molecule has 13 heteroatoms. The lowest BCUT2D eigenvalue weighted by Gasteiger charge is -2.34.